The maximum absolute atomic E-state index is 11.4. The summed E-state index contributed by atoms with van der Waals surface area (Å²) in [5, 5.41) is 11.6. The number of hydrogen-bond donors (Lipinski definition) is 1. The smallest absolute Gasteiger partial charge is 0.191 e. The van der Waals surface area contributed by atoms with E-state index in [4.69, 9.17) is 9.16 Å². The number of hydrogen-bond acceptors (Lipinski definition) is 4. The largest absolute Gasteiger partial charge is 0.416 e. The zero-order valence-electron chi connectivity index (χ0n) is 25.4. The lowest BCUT2D eigenvalue weighted by molar-refractivity contribution is -0.0729. The first-order chi connectivity index (χ1) is 16.4. The Balaban J connectivity index is 1.99. The van der Waals surface area contributed by atoms with E-state index in [1.165, 1.54) is 5.56 Å². The van der Waals surface area contributed by atoms with Gasteiger partial charge in [-0.1, -0.05) is 85.7 Å². The van der Waals surface area contributed by atoms with Crippen molar-refractivity contribution in [3.63, 3.8) is 0 Å². The van der Waals surface area contributed by atoms with E-state index in [0.717, 1.165) is 32.5 Å². The Kier molecular flexibility index (Phi) is 10.9. The fourth-order valence-electron chi connectivity index (χ4n) is 5.31. The summed E-state index contributed by atoms with van der Waals surface area (Å²) in [4.78, 5) is 2.45. The van der Waals surface area contributed by atoms with Crippen LogP contribution in [0.2, 0.25) is 18.1 Å². The van der Waals surface area contributed by atoms with Crippen LogP contribution in [0.25, 0.3) is 0 Å². The van der Waals surface area contributed by atoms with Crippen molar-refractivity contribution in [1.29, 1.82) is 0 Å². The second-order valence-corrected chi connectivity index (χ2v) is 19.7. The van der Waals surface area contributed by atoms with Crippen molar-refractivity contribution in [3.05, 3.63) is 35.9 Å². The van der Waals surface area contributed by atoms with E-state index < -0.39 is 8.32 Å². The minimum Gasteiger partial charge on any atom is -0.416 e. The predicted molar refractivity (Wildman–Crippen MR) is 156 cm³/mol. The molecule has 208 valence electrons. The van der Waals surface area contributed by atoms with Crippen LogP contribution in [0.1, 0.15) is 73.8 Å². The normalized spacial score (nSPS) is 24.2. The SMILES string of the molecule is CN(C[C@@H]1CC(C)(C)C[C@H](COCc2ccccc2)[C@@H]1O)C[C@H](CO[Si](C)(C)C(C)(C)C)C(C)(C)C. The van der Waals surface area contributed by atoms with Crippen LogP contribution in [-0.2, 0) is 15.8 Å². The van der Waals surface area contributed by atoms with Gasteiger partial charge >= 0.3 is 0 Å². The molecule has 0 unspecified atom stereocenters. The van der Waals surface area contributed by atoms with Gasteiger partial charge in [0.05, 0.1) is 19.3 Å². The highest BCUT2D eigenvalue weighted by Crippen LogP contribution is 2.43. The van der Waals surface area contributed by atoms with Crippen LogP contribution < -0.4 is 0 Å². The number of nitrogens with zero attached hydrogens (tertiary/aromatic N) is 1. The highest BCUT2D eigenvalue weighted by molar-refractivity contribution is 6.74. The van der Waals surface area contributed by atoms with Crippen molar-refractivity contribution in [1.82, 2.24) is 4.90 Å². The molecule has 1 aromatic rings. The van der Waals surface area contributed by atoms with Crippen LogP contribution in [0.4, 0.5) is 0 Å². The molecule has 1 aliphatic carbocycles. The van der Waals surface area contributed by atoms with Crippen molar-refractivity contribution in [3.8, 4) is 0 Å². The number of aliphatic hydroxyl groups excluding tert-OH is 1. The Morgan fingerprint density at radius 1 is 1.03 bits per heavy atom. The minimum absolute atomic E-state index is 0.162. The molecule has 1 aliphatic rings. The molecule has 0 saturated heterocycles. The molecule has 4 atom stereocenters. The Morgan fingerprint density at radius 3 is 2.17 bits per heavy atom. The van der Waals surface area contributed by atoms with Crippen molar-refractivity contribution < 1.29 is 14.3 Å². The molecule has 0 heterocycles. The second kappa shape index (κ2) is 12.4. The molecule has 0 amide bonds. The van der Waals surface area contributed by atoms with Gasteiger partial charge in [-0.3, -0.25) is 0 Å². The molecule has 0 aromatic heterocycles. The van der Waals surface area contributed by atoms with Gasteiger partial charge in [0.1, 0.15) is 0 Å². The van der Waals surface area contributed by atoms with E-state index in [0.29, 0.717) is 19.1 Å². The van der Waals surface area contributed by atoms with Gasteiger partial charge in [-0.25, -0.2) is 0 Å². The molecule has 0 aliphatic heterocycles. The fourth-order valence-corrected chi connectivity index (χ4v) is 6.37. The lowest BCUT2D eigenvalue weighted by Crippen LogP contribution is -2.48. The van der Waals surface area contributed by atoms with E-state index in [-0.39, 0.29) is 33.8 Å². The van der Waals surface area contributed by atoms with Gasteiger partial charge < -0.3 is 19.2 Å². The first-order valence-electron chi connectivity index (χ1n) is 14.0. The maximum Gasteiger partial charge on any atom is 0.191 e. The molecule has 4 nitrogen and oxygen atoms in total. The fraction of sp³-hybridized carbons (Fsp3) is 0.806. The summed E-state index contributed by atoms with van der Waals surface area (Å²) in [7, 11) is 0.433. The highest BCUT2D eigenvalue weighted by Gasteiger charge is 2.42. The number of rotatable bonds is 11. The van der Waals surface area contributed by atoms with Crippen LogP contribution in [0, 0.1) is 28.6 Å². The van der Waals surface area contributed by atoms with Gasteiger partial charge in [0, 0.05) is 25.6 Å². The molecular formula is C31H57NO3Si. The Bertz CT molecular complexity index is 781. The third kappa shape index (κ3) is 9.54. The van der Waals surface area contributed by atoms with Crippen molar-refractivity contribution in [2.45, 2.75) is 99.1 Å². The van der Waals surface area contributed by atoms with Gasteiger partial charge in [0.15, 0.2) is 8.32 Å². The first kappa shape index (κ1) is 31.5. The molecule has 0 spiro atoms. The van der Waals surface area contributed by atoms with Crippen molar-refractivity contribution in [2.24, 2.45) is 28.6 Å². The van der Waals surface area contributed by atoms with Gasteiger partial charge in [0.2, 0.25) is 0 Å². The second-order valence-electron chi connectivity index (χ2n) is 14.9. The number of benzene rings is 1. The molecule has 36 heavy (non-hydrogen) atoms. The molecule has 1 saturated carbocycles. The van der Waals surface area contributed by atoms with Crippen LogP contribution >= 0.6 is 0 Å². The first-order valence-corrected chi connectivity index (χ1v) is 16.9. The van der Waals surface area contributed by atoms with Gasteiger partial charge in [-0.05, 0) is 66.3 Å². The Labute approximate surface area is 224 Å². The third-order valence-corrected chi connectivity index (χ3v) is 13.3. The van der Waals surface area contributed by atoms with E-state index in [1.807, 2.05) is 18.2 Å². The average Bonchev–Trinajstić information content (AvgIpc) is 2.73. The Morgan fingerprint density at radius 2 is 1.61 bits per heavy atom. The number of aliphatic hydroxyl groups is 1. The predicted octanol–water partition coefficient (Wildman–Crippen LogP) is 7.23. The van der Waals surface area contributed by atoms with Crippen LogP contribution in [0.5, 0.6) is 0 Å². The molecular weight excluding hydrogens is 462 g/mol. The molecule has 0 radical (unpaired) electrons. The van der Waals surface area contributed by atoms with E-state index >= 15 is 0 Å². The standard InChI is InChI=1S/C31H57NO3Si/c1-29(2,3)27(23-35-36(10,11)30(4,5)6)20-32(9)19-25-17-31(7,8)18-26(28(25)33)22-34-21-24-15-13-12-14-16-24/h12-16,25-28,33H,17-23H2,1-11H3/t25-,26+,27+,28+/m0/s1. The van der Waals surface area contributed by atoms with Gasteiger partial charge in [0.25, 0.3) is 0 Å². The summed E-state index contributed by atoms with van der Waals surface area (Å²) in [6.07, 6.45) is 1.73. The molecule has 0 bridgehead atoms. The summed E-state index contributed by atoms with van der Waals surface area (Å²) in [5.41, 5.74) is 1.56. The van der Waals surface area contributed by atoms with E-state index in [1.54, 1.807) is 0 Å². The van der Waals surface area contributed by atoms with E-state index in [2.05, 4.69) is 92.6 Å². The third-order valence-electron chi connectivity index (χ3n) is 8.79. The van der Waals surface area contributed by atoms with E-state index in [9.17, 15) is 5.11 Å². The summed E-state index contributed by atoms with van der Waals surface area (Å²) in [6.45, 7) is 27.2. The molecule has 1 fully saturated rings. The summed E-state index contributed by atoms with van der Waals surface area (Å²) in [5.74, 6) is 0.873. The average molecular weight is 520 g/mol. The monoisotopic (exact) mass is 519 g/mol. The maximum atomic E-state index is 11.4. The molecule has 1 N–H and O–H groups in total. The quantitative estimate of drug-likeness (QED) is 0.313. The van der Waals surface area contributed by atoms with Crippen LogP contribution in [-0.4, -0.2) is 57.8 Å². The Hall–Kier alpha value is -0.723. The lowest BCUT2D eigenvalue weighted by Gasteiger charge is -2.45. The lowest BCUT2D eigenvalue weighted by atomic mass is 9.66. The molecule has 1 aromatic carbocycles. The molecule has 5 heteroatoms. The molecule has 2 rings (SSSR count). The van der Waals surface area contributed by atoms with Crippen molar-refractivity contribution in [2.75, 3.05) is 33.4 Å². The van der Waals surface area contributed by atoms with Crippen LogP contribution in [0.15, 0.2) is 30.3 Å². The minimum atomic E-state index is -1.79. The summed E-state index contributed by atoms with van der Waals surface area (Å²) >= 11 is 0. The zero-order valence-corrected chi connectivity index (χ0v) is 26.4. The zero-order chi connectivity index (χ0) is 27.4. The number of ether oxygens (including phenoxy) is 1. The topological polar surface area (TPSA) is 41.9 Å². The summed E-state index contributed by atoms with van der Waals surface area (Å²) < 4.78 is 12.8. The summed E-state index contributed by atoms with van der Waals surface area (Å²) in [6, 6.07) is 10.3. The van der Waals surface area contributed by atoms with Crippen molar-refractivity contribution >= 4 is 8.32 Å². The highest BCUT2D eigenvalue weighted by atomic mass is 28.4. The van der Waals surface area contributed by atoms with Gasteiger partial charge in [-0.15, -0.1) is 0 Å². The van der Waals surface area contributed by atoms with Gasteiger partial charge in [-0.2, -0.15) is 0 Å². The van der Waals surface area contributed by atoms with Crippen LogP contribution in [0.3, 0.4) is 0 Å².